The van der Waals surface area contributed by atoms with Crippen molar-refractivity contribution in [3.8, 4) is 5.75 Å². The molecule has 7 heteroatoms. The molecule has 166 valence electrons. The molecular weight excluding hydrogens is 396 g/mol. The Hall–Kier alpha value is -2.90. The number of cyclic esters (lactones) is 1. The fourth-order valence-corrected chi connectivity index (χ4v) is 3.78. The van der Waals surface area contributed by atoms with Gasteiger partial charge in [0.25, 0.3) is 5.91 Å². The van der Waals surface area contributed by atoms with Crippen LogP contribution in [0.3, 0.4) is 0 Å². The second-order valence-corrected chi connectivity index (χ2v) is 7.86. The van der Waals surface area contributed by atoms with E-state index in [1.165, 1.54) is 4.90 Å². The third-order valence-electron chi connectivity index (χ3n) is 5.21. The lowest BCUT2D eigenvalue weighted by molar-refractivity contribution is -0.144. The Morgan fingerprint density at radius 2 is 1.94 bits per heavy atom. The number of methoxy groups -OCH3 is 1. The fourth-order valence-electron chi connectivity index (χ4n) is 3.78. The molecule has 3 rings (SSSR count). The highest BCUT2D eigenvalue weighted by atomic mass is 16.6. The van der Waals surface area contributed by atoms with Gasteiger partial charge in [0.1, 0.15) is 18.5 Å². The number of imide groups is 1. The predicted molar refractivity (Wildman–Crippen MR) is 117 cm³/mol. The Morgan fingerprint density at radius 3 is 2.58 bits per heavy atom. The van der Waals surface area contributed by atoms with Crippen LogP contribution in [0.4, 0.5) is 4.79 Å². The smallest absolute Gasteiger partial charge is 0.417 e. The lowest BCUT2D eigenvalue weighted by atomic mass is 10.0. The highest BCUT2D eigenvalue weighted by molar-refractivity contribution is 5.96. The van der Waals surface area contributed by atoms with E-state index in [1.807, 2.05) is 62.4 Å². The molecule has 0 aliphatic carbocycles. The van der Waals surface area contributed by atoms with Gasteiger partial charge in [-0.15, -0.1) is 0 Å². The van der Waals surface area contributed by atoms with Crippen molar-refractivity contribution in [2.45, 2.75) is 51.5 Å². The summed E-state index contributed by atoms with van der Waals surface area (Å²) in [6, 6.07) is 15.0. The van der Waals surface area contributed by atoms with Crippen LogP contribution in [0.25, 0.3) is 0 Å². The zero-order valence-electron chi connectivity index (χ0n) is 18.2. The third-order valence-corrected chi connectivity index (χ3v) is 5.21. The van der Waals surface area contributed by atoms with Crippen LogP contribution in [-0.2, 0) is 33.7 Å². The van der Waals surface area contributed by atoms with Crippen LogP contribution in [-0.4, -0.2) is 48.9 Å². The number of ether oxygens (including phenoxy) is 3. The molecule has 2 aromatic rings. The number of benzene rings is 2. The molecular formula is C24H30N2O5. The molecule has 0 saturated carbocycles. The summed E-state index contributed by atoms with van der Waals surface area (Å²) in [7, 11) is 1.59. The normalized spacial score (nSPS) is 17.0. The zero-order valence-corrected chi connectivity index (χ0v) is 18.2. The first-order valence-electron chi connectivity index (χ1n) is 10.5. The molecule has 7 nitrogen and oxygen atoms in total. The van der Waals surface area contributed by atoms with Gasteiger partial charge in [-0.3, -0.25) is 4.79 Å². The van der Waals surface area contributed by atoms with Crippen molar-refractivity contribution in [1.82, 2.24) is 4.90 Å². The summed E-state index contributed by atoms with van der Waals surface area (Å²) in [5.74, 6) is 0.312. The van der Waals surface area contributed by atoms with Crippen LogP contribution in [0.1, 0.15) is 30.5 Å². The van der Waals surface area contributed by atoms with Gasteiger partial charge in [0.2, 0.25) is 0 Å². The maximum Gasteiger partial charge on any atom is 0.417 e. The first kappa shape index (κ1) is 22.8. The molecule has 2 aromatic carbocycles. The number of nitrogens with two attached hydrogens (primary N) is 1. The number of amides is 2. The van der Waals surface area contributed by atoms with E-state index in [-0.39, 0.29) is 24.7 Å². The molecule has 0 aromatic heterocycles. The summed E-state index contributed by atoms with van der Waals surface area (Å²) in [6.07, 6.45) is -0.779. The van der Waals surface area contributed by atoms with Crippen LogP contribution in [0.15, 0.2) is 48.5 Å². The molecule has 2 amide bonds. The van der Waals surface area contributed by atoms with Gasteiger partial charge in [-0.05, 0) is 37.5 Å². The van der Waals surface area contributed by atoms with Gasteiger partial charge in [0.15, 0.2) is 0 Å². The minimum atomic E-state index is -0.817. The van der Waals surface area contributed by atoms with Gasteiger partial charge in [-0.1, -0.05) is 42.5 Å². The van der Waals surface area contributed by atoms with Crippen LogP contribution in [0.5, 0.6) is 5.75 Å². The summed E-state index contributed by atoms with van der Waals surface area (Å²) in [5, 5.41) is 0. The standard InChI is InChI=1S/C24H30N2O5/c1-16(2)31-22(13-18-9-10-21(29-3)19(11-18)14-25)23(27)26-20(15-30-24(26)28)12-17-7-5-4-6-8-17/h4-11,16,20,22H,12-15,25H2,1-3H3/t20-,22-/m0/s1. The van der Waals surface area contributed by atoms with Crippen molar-refractivity contribution in [2.24, 2.45) is 5.73 Å². The molecule has 1 heterocycles. The number of carbonyl (C=O) groups is 2. The van der Waals surface area contributed by atoms with Crippen molar-refractivity contribution in [3.05, 3.63) is 65.2 Å². The van der Waals surface area contributed by atoms with E-state index in [4.69, 9.17) is 19.9 Å². The summed E-state index contributed by atoms with van der Waals surface area (Å²) in [6.45, 7) is 4.22. The second-order valence-electron chi connectivity index (χ2n) is 7.86. The Labute approximate surface area is 183 Å². The second kappa shape index (κ2) is 10.4. The van der Waals surface area contributed by atoms with E-state index in [0.29, 0.717) is 25.1 Å². The Balaban J connectivity index is 1.82. The molecule has 1 aliphatic rings. The van der Waals surface area contributed by atoms with Gasteiger partial charge in [0.05, 0.1) is 19.3 Å². The molecule has 1 aliphatic heterocycles. The largest absolute Gasteiger partial charge is 0.496 e. The van der Waals surface area contributed by atoms with E-state index in [9.17, 15) is 9.59 Å². The Bertz CT molecular complexity index is 900. The molecule has 2 atom stereocenters. The molecule has 0 spiro atoms. The topological polar surface area (TPSA) is 91.1 Å². The van der Waals surface area contributed by atoms with Crippen LogP contribution >= 0.6 is 0 Å². The average molecular weight is 427 g/mol. The number of hydrogen-bond acceptors (Lipinski definition) is 6. The van der Waals surface area contributed by atoms with Gasteiger partial charge in [0, 0.05) is 18.5 Å². The highest BCUT2D eigenvalue weighted by Crippen LogP contribution is 2.24. The SMILES string of the molecule is COc1ccc(C[C@H](OC(C)C)C(=O)N2C(=O)OC[C@@H]2Cc2ccccc2)cc1CN. The highest BCUT2D eigenvalue weighted by Gasteiger charge is 2.41. The lowest BCUT2D eigenvalue weighted by Gasteiger charge is -2.26. The number of nitrogens with zero attached hydrogens (tertiary/aromatic N) is 1. The number of carbonyl (C=O) groups excluding carboxylic acids is 2. The first-order chi connectivity index (χ1) is 14.9. The van der Waals surface area contributed by atoms with E-state index in [0.717, 1.165) is 16.7 Å². The van der Waals surface area contributed by atoms with Gasteiger partial charge in [-0.2, -0.15) is 0 Å². The number of hydrogen-bond donors (Lipinski definition) is 1. The molecule has 2 N–H and O–H groups in total. The zero-order chi connectivity index (χ0) is 22.4. The summed E-state index contributed by atoms with van der Waals surface area (Å²) in [5.41, 5.74) is 8.59. The van der Waals surface area contributed by atoms with E-state index >= 15 is 0 Å². The molecule has 0 radical (unpaired) electrons. The number of rotatable bonds is 9. The Morgan fingerprint density at radius 1 is 1.19 bits per heavy atom. The predicted octanol–water partition coefficient (Wildman–Crippen LogP) is 3.08. The maximum atomic E-state index is 13.4. The quantitative estimate of drug-likeness (QED) is 0.663. The summed E-state index contributed by atoms with van der Waals surface area (Å²) >= 11 is 0. The minimum absolute atomic E-state index is 0.174. The lowest BCUT2D eigenvalue weighted by Crippen LogP contribution is -2.47. The van der Waals surface area contributed by atoms with Crippen LogP contribution in [0, 0.1) is 0 Å². The summed E-state index contributed by atoms with van der Waals surface area (Å²) in [4.78, 5) is 27.1. The van der Waals surface area contributed by atoms with Crippen molar-refractivity contribution >= 4 is 12.0 Å². The van der Waals surface area contributed by atoms with Crippen LogP contribution in [0.2, 0.25) is 0 Å². The monoisotopic (exact) mass is 426 g/mol. The van der Waals surface area contributed by atoms with Gasteiger partial charge in [-0.25, -0.2) is 9.69 Å². The fraction of sp³-hybridized carbons (Fsp3) is 0.417. The molecule has 0 bridgehead atoms. The molecule has 1 fully saturated rings. The molecule has 31 heavy (non-hydrogen) atoms. The maximum absolute atomic E-state index is 13.4. The van der Waals surface area contributed by atoms with Crippen molar-refractivity contribution < 1.29 is 23.8 Å². The van der Waals surface area contributed by atoms with Crippen molar-refractivity contribution in [3.63, 3.8) is 0 Å². The summed E-state index contributed by atoms with van der Waals surface area (Å²) < 4.78 is 16.5. The minimum Gasteiger partial charge on any atom is -0.496 e. The molecule has 0 unspecified atom stereocenters. The third kappa shape index (κ3) is 5.62. The van der Waals surface area contributed by atoms with Gasteiger partial charge < -0.3 is 19.9 Å². The van der Waals surface area contributed by atoms with E-state index in [2.05, 4.69) is 0 Å². The van der Waals surface area contributed by atoms with Gasteiger partial charge >= 0.3 is 6.09 Å². The van der Waals surface area contributed by atoms with Crippen molar-refractivity contribution in [2.75, 3.05) is 13.7 Å². The van der Waals surface area contributed by atoms with E-state index in [1.54, 1.807) is 7.11 Å². The average Bonchev–Trinajstić information content (AvgIpc) is 3.12. The molecule has 1 saturated heterocycles. The van der Waals surface area contributed by atoms with E-state index < -0.39 is 12.2 Å². The van der Waals surface area contributed by atoms with Crippen molar-refractivity contribution in [1.29, 1.82) is 0 Å². The first-order valence-corrected chi connectivity index (χ1v) is 10.5. The Kier molecular flexibility index (Phi) is 7.65. The van der Waals surface area contributed by atoms with Crippen LogP contribution < -0.4 is 10.5 Å².